The predicted octanol–water partition coefficient (Wildman–Crippen LogP) is 2.87. The van der Waals surface area contributed by atoms with Gasteiger partial charge in [-0.25, -0.2) is 9.18 Å². The van der Waals surface area contributed by atoms with Crippen molar-refractivity contribution in [2.24, 2.45) is 0 Å². The summed E-state index contributed by atoms with van der Waals surface area (Å²) >= 11 is 0. The zero-order valence-corrected chi connectivity index (χ0v) is 16.8. The molecule has 0 spiro atoms. The van der Waals surface area contributed by atoms with E-state index in [2.05, 4.69) is 35.2 Å². The highest BCUT2D eigenvalue weighted by Crippen LogP contribution is 2.25. The number of rotatable bonds is 7. The number of aromatic nitrogens is 2. The molecule has 2 aromatic carbocycles. The Labute approximate surface area is 174 Å². The molecule has 1 N–H and O–H groups in total. The van der Waals surface area contributed by atoms with Crippen molar-refractivity contribution in [1.82, 2.24) is 14.0 Å². The minimum atomic E-state index is -0.698. The van der Waals surface area contributed by atoms with Crippen LogP contribution in [0.2, 0.25) is 0 Å². The van der Waals surface area contributed by atoms with Crippen LogP contribution in [-0.4, -0.2) is 52.1 Å². The van der Waals surface area contributed by atoms with E-state index >= 15 is 0 Å². The molecule has 2 heterocycles. The Kier molecular flexibility index (Phi) is 6.30. The van der Waals surface area contributed by atoms with Crippen molar-refractivity contribution in [2.75, 3.05) is 33.0 Å². The fraction of sp³-hybridized carbons (Fsp3) is 0.348. The van der Waals surface area contributed by atoms with Crippen molar-refractivity contribution in [3.05, 3.63) is 76.3 Å². The van der Waals surface area contributed by atoms with E-state index in [0.29, 0.717) is 6.54 Å². The first-order valence-electron chi connectivity index (χ1n) is 10.2. The SMILES string of the molecule is O=c1n(Cc2ccc(-c3ccccc3CN3CCOCC3)cc2)cc(O)n1CCF. The van der Waals surface area contributed by atoms with Gasteiger partial charge < -0.3 is 9.84 Å². The molecule has 0 unspecified atom stereocenters. The monoisotopic (exact) mass is 411 g/mol. The molecule has 1 fully saturated rings. The van der Waals surface area contributed by atoms with Crippen LogP contribution in [0.3, 0.4) is 0 Å². The number of imidazole rings is 1. The maximum atomic E-state index is 12.6. The zero-order chi connectivity index (χ0) is 20.9. The van der Waals surface area contributed by atoms with Crippen LogP contribution >= 0.6 is 0 Å². The second-order valence-electron chi connectivity index (χ2n) is 7.48. The van der Waals surface area contributed by atoms with Gasteiger partial charge in [0.25, 0.3) is 0 Å². The van der Waals surface area contributed by atoms with Gasteiger partial charge in [0, 0.05) is 19.6 Å². The standard InChI is InChI=1S/C23H26FN3O3/c24-9-10-27-22(28)17-26(23(27)29)15-18-5-7-19(8-6-18)21-4-2-1-3-20(21)16-25-11-13-30-14-12-25/h1-8,17,28H,9-16H2. The Morgan fingerprint density at radius 2 is 1.73 bits per heavy atom. The maximum absolute atomic E-state index is 12.6. The van der Waals surface area contributed by atoms with Gasteiger partial charge in [0.05, 0.1) is 32.5 Å². The molecule has 1 aliphatic heterocycles. The largest absolute Gasteiger partial charge is 0.493 e. The van der Waals surface area contributed by atoms with Gasteiger partial charge in [-0.15, -0.1) is 0 Å². The number of aromatic hydroxyl groups is 1. The van der Waals surface area contributed by atoms with E-state index in [9.17, 15) is 14.3 Å². The molecule has 1 aliphatic rings. The molecule has 0 bridgehead atoms. The number of morpholine rings is 1. The Morgan fingerprint density at radius 3 is 2.47 bits per heavy atom. The highest BCUT2D eigenvalue weighted by molar-refractivity contribution is 5.67. The molecular formula is C23H26FN3O3. The fourth-order valence-corrected chi connectivity index (χ4v) is 3.85. The highest BCUT2D eigenvalue weighted by atomic mass is 19.1. The third-order valence-electron chi connectivity index (χ3n) is 5.47. The van der Waals surface area contributed by atoms with Crippen molar-refractivity contribution >= 4 is 0 Å². The molecule has 4 rings (SSSR count). The smallest absolute Gasteiger partial charge is 0.331 e. The van der Waals surface area contributed by atoms with Crippen LogP contribution in [-0.2, 0) is 24.4 Å². The number of benzene rings is 2. The third kappa shape index (κ3) is 4.47. The minimum Gasteiger partial charge on any atom is -0.493 e. The first kappa shape index (κ1) is 20.4. The average Bonchev–Trinajstić information content (AvgIpc) is 3.03. The van der Waals surface area contributed by atoms with E-state index in [1.54, 1.807) is 0 Å². The minimum absolute atomic E-state index is 0.142. The van der Waals surface area contributed by atoms with Gasteiger partial charge >= 0.3 is 5.69 Å². The second-order valence-corrected chi connectivity index (χ2v) is 7.48. The van der Waals surface area contributed by atoms with Crippen LogP contribution in [0.5, 0.6) is 5.88 Å². The Balaban J connectivity index is 1.52. The van der Waals surface area contributed by atoms with E-state index in [0.717, 1.165) is 48.5 Å². The number of halogens is 1. The van der Waals surface area contributed by atoms with Crippen LogP contribution in [0.4, 0.5) is 4.39 Å². The first-order valence-corrected chi connectivity index (χ1v) is 10.2. The normalized spacial score (nSPS) is 14.8. The Bertz CT molecular complexity index is 1040. The van der Waals surface area contributed by atoms with Crippen molar-refractivity contribution in [3.63, 3.8) is 0 Å². The molecule has 158 valence electrons. The number of alkyl halides is 1. The van der Waals surface area contributed by atoms with Gasteiger partial charge in [-0.3, -0.25) is 14.0 Å². The molecule has 0 amide bonds. The van der Waals surface area contributed by atoms with E-state index in [-0.39, 0.29) is 12.4 Å². The highest BCUT2D eigenvalue weighted by Gasteiger charge is 2.14. The summed E-state index contributed by atoms with van der Waals surface area (Å²) in [6.07, 6.45) is 1.35. The van der Waals surface area contributed by atoms with Crippen LogP contribution in [0.25, 0.3) is 11.1 Å². The molecule has 3 aromatic rings. The van der Waals surface area contributed by atoms with E-state index < -0.39 is 12.4 Å². The molecule has 1 saturated heterocycles. The molecule has 0 atom stereocenters. The second kappa shape index (κ2) is 9.28. The van der Waals surface area contributed by atoms with Crippen molar-refractivity contribution in [3.8, 4) is 17.0 Å². The molecule has 30 heavy (non-hydrogen) atoms. The van der Waals surface area contributed by atoms with E-state index in [1.165, 1.54) is 21.9 Å². The maximum Gasteiger partial charge on any atom is 0.331 e. The van der Waals surface area contributed by atoms with Crippen LogP contribution in [0, 0.1) is 0 Å². The first-order chi connectivity index (χ1) is 14.7. The summed E-state index contributed by atoms with van der Waals surface area (Å²) < 4.78 is 20.4. The molecule has 0 aliphatic carbocycles. The van der Waals surface area contributed by atoms with Gasteiger partial charge in [0.2, 0.25) is 5.88 Å². The lowest BCUT2D eigenvalue weighted by Crippen LogP contribution is -2.35. The van der Waals surface area contributed by atoms with Gasteiger partial charge in [-0.2, -0.15) is 0 Å². The third-order valence-corrected chi connectivity index (χ3v) is 5.47. The van der Waals surface area contributed by atoms with Gasteiger partial charge in [0.1, 0.15) is 6.67 Å². The Morgan fingerprint density at radius 1 is 1.00 bits per heavy atom. The molecular weight excluding hydrogens is 385 g/mol. The summed E-state index contributed by atoms with van der Waals surface area (Å²) in [6, 6.07) is 16.5. The van der Waals surface area contributed by atoms with Gasteiger partial charge in [0.15, 0.2) is 0 Å². The van der Waals surface area contributed by atoms with E-state index in [4.69, 9.17) is 4.74 Å². The molecule has 1 aromatic heterocycles. The summed E-state index contributed by atoms with van der Waals surface area (Å²) in [6.45, 7) is 3.80. The predicted molar refractivity (Wildman–Crippen MR) is 113 cm³/mol. The summed E-state index contributed by atoms with van der Waals surface area (Å²) in [5.74, 6) is -0.216. The molecule has 0 radical (unpaired) electrons. The topological polar surface area (TPSA) is 59.6 Å². The van der Waals surface area contributed by atoms with Gasteiger partial charge in [-0.05, 0) is 22.3 Å². The number of ether oxygens (including phenoxy) is 1. The van der Waals surface area contributed by atoms with Crippen LogP contribution < -0.4 is 5.69 Å². The fourth-order valence-electron chi connectivity index (χ4n) is 3.85. The van der Waals surface area contributed by atoms with Crippen molar-refractivity contribution in [1.29, 1.82) is 0 Å². The molecule has 6 nitrogen and oxygen atoms in total. The number of hydrogen-bond acceptors (Lipinski definition) is 4. The Hall–Kier alpha value is -2.90. The molecule has 0 saturated carbocycles. The molecule has 7 heteroatoms. The summed E-state index contributed by atoms with van der Waals surface area (Å²) in [5.41, 5.74) is 4.11. The zero-order valence-electron chi connectivity index (χ0n) is 16.8. The summed E-state index contributed by atoms with van der Waals surface area (Å²) in [5, 5.41) is 9.84. The lowest BCUT2D eigenvalue weighted by molar-refractivity contribution is 0.0342. The lowest BCUT2D eigenvalue weighted by Gasteiger charge is -2.27. The van der Waals surface area contributed by atoms with Gasteiger partial charge in [-0.1, -0.05) is 48.5 Å². The van der Waals surface area contributed by atoms with Crippen molar-refractivity contribution in [2.45, 2.75) is 19.6 Å². The average molecular weight is 411 g/mol. The summed E-state index contributed by atoms with van der Waals surface area (Å²) in [7, 11) is 0. The van der Waals surface area contributed by atoms with E-state index in [1.807, 2.05) is 18.2 Å². The quantitative estimate of drug-likeness (QED) is 0.650. The number of hydrogen-bond donors (Lipinski definition) is 1. The van der Waals surface area contributed by atoms with Crippen LogP contribution in [0.1, 0.15) is 11.1 Å². The number of nitrogens with zero attached hydrogens (tertiary/aromatic N) is 3. The lowest BCUT2D eigenvalue weighted by atomic mass is 9.98. The van der Waals surface area contributed by atoms with Crippen molar-refractivity contribution < 1.29 is 14.2 Å². The van der Waals surface area contributed by atoms with Crippen LogP contribution in [0.15, 0.2) is 59.5 Å². The summed E-state index contributed by atoms with van der Waals surface area (Å²) in [4.78, 5) is 14.7.